The van der Waals surface area contributed by atoms with Gasteiger partial charge in [-0.3, -0.25) is 4.90 Å². The molecule has 0 aromatic carbocycles. The Kier molecular flexibility index (Phi) is 4.85. The van der Waals surface area contributed by atoms with Crippen LogP contribution in [0.5, 0.6) is 0 Å². The van der Waals surface area contributed by atoms with Gasteiger partial charge in [0.1, 0.15) is 0 Å². The first-order chi connectivity index (χ1) is 8.55. The minimum Gasteiger partial charge on any atom is -0.379 e. The second-order valence-corrected chi connectivity index (χ2v) is 6.92. The van der Waals surface area contributed by atoms with E-state index >= 15 is 0 Å². The molecular weight excluding hydrogens is 222 g/mol. The molecule has 2 heteroatoms. The first-order valence-electron chi connectivity index (χ1n) is 7.54. The Labute approximate surface area is 112 Å². The molecule has 0 aromatic heterocycles. The summed E-state index contributed by atoms with van der Waals surface area (Å²) < 4.78 is 5.38. The normalized spacial score (nSPS) is 27.3. The summed E-state index contributed by atoms with van der Waals surface area (Å²) in [5.41, 5.74) is 2.19. The molecule has 0 unspecified atom stereocenters. The zero-order valence-electron chi connectivity index (χ0n) is 12.4. The third-order valence-corrected chi connectivity index (χ3v) is 4.59. The molecule has 1 aliphatic heterocycles. The Hall–Kier alpha value is -0.340. The number of morpholine rings is 1. The molecule has 1 aliphatic carbocycles. The zero-order valence-corrected chi connectivity index (χ0v) is 12.4. The Morgan fingerprint density at radius 2 is 1.78 bits per heavy atom. The molecule has 0 radical (unpaired) electrons. The molecule has 0 atom stereocenters. The summed E-state index contributed by atoms with van der Waals surface area (Å²) in [6, 6.07) is 0. The van der Waals surface area contributed by atoms with Crippen LogP contribution in [0.4, 0.5) is 0 Å². The summed E-state index contributed by atoms with van der Waals surface area (Å²) in [5, 5.41) is 0. The number of ether oxygens (including phenoxy) is 1. The number of hydrogen-bond acceptors (Lipinski definition) is 2. The van der Waals surface area contributed by atoms with Gasteiger partial charge in [-0.15, -0.1) is 0 Å². The summed E-state index contributed by atoms with van der Waals surface area (Å²) in [7, 11) is 0. The van der Waals surface area contributed by atoms with Crippen LogP contribution < -0.4 is 0 Å². The molecule has 1 heterocycles. The fraction of sp³-hybridized carbons (Fsp3) is 0.875. The summed E-state index contributed by atoms with van der Waals surface area (Å²) in [5.74, 6) is 0.915. The highest BCUT2D eigenvalue weighted by atomic mass is 16.5. The van der Waals surface area contributed by atoms with Crippen LogP contribution >= 0.6 is 0 Å². The van der Waals surface area contributed by atoms with Crippen LogP contribution in [0.25, 0.3) is 0 Å². The maximum absolute atomic E-state index is 5.38. The van der Waals surface area contributed by atoms with E-state index in [1.807, 2.05) is 0 Å². The van der Waals surface area contributed by atoms with E-state index < -0.39 is 0 Å². The lowest BCUT2D eigenvalue weighted by molar-refractivity contribution is 0.0432. The van der Waals surface area contributed by atoms with E-state index in [1.165, 1.54) is 25.7 Å². The lowest BCUT2D eigenvalue weighted by Gasteiger charge is -2.35. The molecule has 0 amide bonds. The smallest absolute Gasteiger partial charge is 0.0594 e. The highest BCUT2D eigenvalue weighted by Crippen LogP contribution is 2.39. The van der Waals surface area contributed by atoms with Gasteiger partial charge in [-0.2, -0.15) is 0 Å². The molecule has 0 spiro atoms. The van der Waals surface area contributed by atoms with E-state index in [9.17, 15) is 0 Å². The monoisotopic (exact) mass is 251 g/mol. The average Bonchev–Trinajstić information content (AvgIpc) is 2.37. The van der Waals surface area contributed by atoms with Gasteiger partial charge in [0.2, 0.25) is 0 Å². The summed E-state index contributed by atoms with van der Waals surface area (Å²) in [6.07, 6.45) is 7.92. The van der Waals surface area contributed by atoms with E-state index in [-0.39, 0.29) is 0 Å². The second-order valence-electron chi connectivity index (χ2n) is 6.92. The van der Waals surface area contributed by atoms with Crippen molar-refractivity contribution in [2.24, 2.45) is 11.3 Å². The van der Waals surface area contributed by atoms with Gasteiger partial charge in [-0.05, 0) is 37.0 Å². The van der Waals surface area contributed by atoms with Crippen LogP contribution in [0.1, 0.15) is 46.5 Å². The maximum Gasteiger partial charge on any atom is 0.0594 e. The van der Waals surface area contributed by atoms with Crippen LogP contribution in [0, 0.1) is 11.3 Å². The number of hydrogen-bond donors (Lipinski definition) is 0. The largest absolute Gasteiger partial charge is 0.379 e. The number of allylic oxidation sites excluding steroid dienone is 1. The molecule has 2 nitrogen and oxygen atoms in total. The number of nitrogens with zero attached hydrogens (tertiary/aromatic N) is 1. The van der Waals surface area contributed by atoms with E-state index in [0.29, 0.717) is 5.41 Å². The van der Waals surface area contributed by atoms with E-state index in [1.54, 1.807) is 5.57 Å². The fourth-order valence-corrected chi connectivity index (χ4v) is 3.10. The van der Waals surface area contributed by atoms with E-state index in [0.717, 1.165) is 38.8 Å². The Morgan fingerprint density at radius 1 is 1.17 bits per heavy atom. The lowest BCUT2D eigenvalue weighted by atomic mass is 9.71. The molecule has 104 valence electrons. The van der Waals surface area contributed by atoms with Gasteiger partial charge in [0, 0.05) is 19.6 Å². The Morgan fingerprint density at radius 3 is 2.33 bits per heavy atom. The topological polar surface area (TPSA) is 12.5 Å². The van der Waals surface area contributed by atoms with Crippen LogP contribution in [0.3, 0.4) is 0 Å². The van der Waals surface area contributed by atoms with E-state index in [4.69, 9.17) is 4.74 Å². The van der Waals surface area contributed by atoms with Crippen molar-refractivity contribution >= 4 is 0 Å². The molecule has 0 bridgehead atoms. The van der Waals surface area contributed by atoms with Gasteiger partial charge in [0.05, 0.1) is 13.2 Å². The summed E-state index contributed by atoms with van der Waals surface area (Å²) >= 11 is 0. The van der Waals surface area contributed by atoms with Crippen molar-refractivity contribution in [2.45, 2.75) is 46.5 Å². The van der Waals surface area contributed by atoms with Crippen LogP contribution in [-0.4, -0.2) is 37.7 Å². The van der Waals surface area contributed by atoms with Gasteiger partial charge in [0.15, 0.2) is 0 Å². The lowest BCUT2D eigenvalue weighted by Crippen LogP contribution is -2.36. The van der Waals surface area contributed by atoms with Gasteiger partial charge in [0.25, 0.3) is 0 Å². The first kappa shape index (κ1) is 14.1. The van der Waals surface area contributed by atoms with Gasteiger partial charge in [-0.25, -0.2) is 0 Å². The van der Waals surface area contributed by atoms with Crippen molar-refractivity contribution in [1.82, 2.24) is 4.90 Å². The SMILES string of the molecule is CC(C)(C)C1CCC(=CCN2CCOCC2)CC1. The van der Waals surface area contributed by atoms with Crippen molar-refractivity contribution in [3.8, 4) is 0 Å². The van der Waals surface area contributed by atoms with Crippen molar-refractivity contribution in [3.63, 3.8) is 0 Å². The van der Waals surface area contributed by atoms with Gasteiger partial charge < -0.3 is 4.74 Å². The quantitative estimate of drug-likeness (QED) is 0.697. The molecule has 18 heavy (non-hydrogen) atoms. The highest BCUT2D eigenvalue weighted by Gasteiger charge is 2.27. The number of rotatable bonds is 2. The van der Waals surface area contributed by atoms with Crippen LogP contribution in [0.15, 0.2) is 11.6 Å². The molecular formula is C16H29NO. The zero-order chi connectivity index (χ0) is 13.0. The summed E-state index contributed by atoms with van der Waals surface area (Å²) in [6.45, 7) is 12.3. The second kappa shape index (κ2) is 6.21. The standard InChI is InChI=1S/C16H29NO/c1-16(2,3)15-6-4-14(5-7-15)8-9-17-10-12-18-13-11-17/h8,15H,4-7,9-13H2,1-3H3. The van der Waals surface area contributed by atoms with Crippen LogP contribution in [-0.2, 0) is 4.74 Å². The third-order valence-electron chi connectivity index (χ3n) is 4.59. The Balaban J connectivity index is 1.75. The van der Waals surface area contributed by atoms with Crippen molar-refractivity contribution in [1.29, 1.82) is 0 Å². The molecule has 2 fully saturated rings. The summed E-state index contributed by atoms with van der Waals surface area (Å²) in [4.78, 5) is 2.51. The Bertz CT molecular complexity index is 274. The van der Waals surface area contributed by atoms with Crippen molar-refractivity contribution in [3.05, 3.63) is 11.6 Å². The average molecular weight is 251 g/mol. The predicted molar refractivity (Wildman–Crippen MR) is 76.8 cm³/mol. The predicted octanol–water partition coefficient (Wildman–Crippen LogP) is 3.48. The maximum atomic E-state index is 5.38. The van der Waals surface area contributed by atoms with Gasteiger partial charge in [-0.1, -0.05) is 32.4 Å². The molecule has 2 rings (SSSR count). The van der Waals surface area contributed by atoms with Gasteiger partial charge >= 0.3 is 0 Å². The first-order valence-corrected chi connectivity index (χ1v) is 7.54. The van der Waals surface area contributed by atoms with Crippen molar-refractivity contribution in [2.75, 3.05) is 32.8 Å². The highest BCUT2D eigenvalue weighted by molar-refractivity contribution is 5.07. The van der Waals surface area contributed by atoms with E-state index in [2.05, 4.69) is 31.7 Å². The molecule has 1 saturated carbocycles. The minimum absolute atomic E-state index is 0.496. The minimum atomic E-state index is 0.496. The molecule has 0 aromatic rings. The third kappa shape index (κ3) is 4.10. The van der Waals surface area contributed by atoms with Crippen molar-refractivity contribution < 1.29 is 4.74 Å². The van der Waals surface area contributed by atoms with Crippen LogP contribution in [0.2, 0.25) is 0 Å². The molecule has 2 aliphatic rings. The molecule has 0 N–H and O–H groups in total. The molecule has 1 saturated heterocycles. The fourth-order valence-electron chi connectivity index (χ4n) is 3.10.